The Labute approximate surface area is 140 Å². The van der Waals surface area contributed by atoms with Crippen LogP contribution in [0, 0.1) is 5.92 Å². The van der Waals surface area contributed by atoms with Crippen molar-refractivity contribution in [2.24, 2.45) is 13.0 Å². The topological polar surface area (TPSA) is 69.3 Å². The first kappa shape index (κ1) is 15.3. The SMILES string of the molecule is Cn1ccnc1[C@@H]1OCCC[C@H]1CNCc1cnc2cnccn12. The summed E-state index contributed by atoms with van der Waals surface area (Å²) in [5.41, 5.74) is 2.01. The predicted molar refractivity (Wildman–Crippen MR) is 89.3 cm³/mol. The largest absolute Gasteiger partial charge is 0.370 e. The second kappa shape index (κ2) is 6.70. The van der Waals surface area contributed by atoms with Crippen molar-refractivity contribution in [3.05, 3.63) is 48.7 Å². The van der Waals surface area contributed by atoms with Crippen LogP contribution in [0.5, 0.6) is 0 Å². The molecule has 1 saturated heterocycles. The molecule has 0 saturated carbocycles. The molecular formula is C17H22N6O. The third-order valence-electron chi connectivity index (χ3n) is 4.66. The Balaban J connectivity index is 1.41. The van der Waals surface area contributed by atoms with Gasteiger partial charge in [0.15, 0.2) is 5.65 Å². The summed E-state index contributed by atoms with van der Waals surface area (Å²) in [4.78, 5) is 12.9. The molecule has 0 aliphatic carbocycles. The number of rotatable bonds is 5. The van der Waals surface area contributed by atoms with Gasteiger partial charge in [-0.25, -0.2) is 9.97 Å². The van der Waals surface area contributed by atoms with Crippen molar-refractivity contribution < 1.29 is 4.74 Å². The van der Waals surface area contributed by atoms with Gasteiger partial charge in [-0.1, -0.05) is 0 Å². The monoisotopic (exact) mass is 326 g/mol. The smallest absolute Gasteiger partial charge is 0.155 e. The van der Waals surface area contributed by atoms with Gasteiger partial charge in [0.1, 0.15) is 11.9 Å². The van der Waals surface area contributed by atoms with E-state index in [9.17, 15) is 0 Å². The summed E-state index contributed by atoms with van der Waals surface area (Å²) in [6.45, 7) is 2.49. The highest BCUT2D eigenvalue weighted by atomic mass is 16.5. The molecule has 2 atom stereocenters. The molecule has 7 nitrogen and oxygen atoms in total. The van der Waals surface area contributed by atoms with Crippen LogP contribution in [0.25, 0.3) is 5.65 Å². The fourth-order valence-corrected chi connectivity index (χ4v) is 3.40. The number of ether oxygens (including phenoxy) is 1. The minimum atomic E-state index is 0.0673. The molecule has 4 heterocycles. The summed E-state index contributed by atoms with van der Waals surface area (Å²) in [5, 5.41) is 3.56. The van der Waals surface area contributed by atoms with Crippen LogP contribution in [-0.2, 0) is 18.3 Å². The van der Waals surface area contributed by atoms with E-state index in [1.807, 2.05) is 31.8 Å². The van der Waals surface area contributed by atoms with Gasteiger partial charge in [0.05, 0.1) is 18.1 Å². The van der Waals surface area contributed by atoms with Gasteiger partial charge < -0.3 is 14.6 Å². The molecule has 3 aromatic rings. The molecule has 4 rings (SSSR count). The van der Waals surface area contributed by atoms with E-state index in [0.717, 1.165) is 49.7 Å². The Morgan fingerprint density at radius 3 is 3.08 bits per heavy atom. The van der Waals surface area contributed by atoms with Crippen molar-refractivity contribution in [3.8, 4) is 0 Å². The van der Waals surface area contributed by atoms with E-state index in [4.69, 9.17) is 4.74 Å². The summed E-state index contributed by atoms with van der Waals surface area (Å²) >= 11 is 0. The predicted octanol–water partition coefficient (Wildman–Crippen LogP) is 1.72. The average Bonchev–Trinajstić information content (AvgIpc) is 3.22. The van der Waals surface area contributed by atoms with E-state index in [-0.39, 0.29) is 6.10 Å². The van der Waals surface area contributed by atoms with E-state index in [2.05, 4.69) is 29.2 Å². The number of hydrogen-bond acceptors (Lipinski definition) is 5. The lowest BCUT2D eigenvalue weighted by atomic mass is 9.93. The zero-order valence-corrected chi connectivity index (χ0v) is 13.8. The number of nitrogens with one attached hydrogen (secondary N) is 1. The van der Waals surface area contributed by atoms with Gasteiger partial charge in [0.2, 0.25) is 0 Å². The maximum absolute atomic E-state index is 6.02. The van der Waals surface area contributed by atoms with E-state index in [0.29, 0.717) is 5.92 Å². The van der Waals surface area contributed by atoms with E-state index in [1.54, 1.807) is 12.4 Å². The molecule has 0 aromatic carbocycles. The normalized spacial score (nSPS) is 21.4. The Morgan fingerprint density at radius 2 is 2.21 bits per heavy atom. The van der Waals surface area contributed by atoms with Crippen molar-refractivity contribution in [2.75, 3.05) is 13.2 Å². The molecule has 0 bridgehead atoms. The zero-order chi connectivity index (χ0) is 16.4. The van der Waals surface area contributed by atoms with Crippen LogP contribution in [0.2, 0.25) is 0 Å². The summed E-state index contributed by atoms with van der Waals surface area (Å²) in [6.07, 6.45) is 13.5. The van der Waals surface area contributed by atoms with Gasteiger partial charge in [0, 0.05) is 57.4 Å². The lowest BCUT2D eigenvalue weighted by Crippen LogP contribution is -2.33. The van der Waals surface area contributed by atoms with E-state index in [1.165, 1.54) is 0 Å². The third kappa shape index (κ3) is 2.92. The van der Waals surface area contributed by atoms with Crippen molar-refractivity contribution in [2.45, 2.75) is 25.5 Å². The Hall–Kier alpha value is -2.25. The van der Waals surface area contributed by atoms with Crippen LogP contribution in [0.15, 0.2) is 37.2 Å². The Kier molecular flexibility index (Phi) is 4.27. The van der Waals surface area contributed by atoms with Gasteiger partial charge in [-0.15, -0.1) is 0 Å². The molecule has 0 unspecified atom stereocenters. The van der Waals surface area contributed by atoms with Crippen molar-refractivity contribution in [1.29, 1.82) is 0 Å². The Bertz CT molecular complexity index is 810. The van der Waals surface area contributed by atoms with E-state index >= 15 is 0 Å². The van der Waals surface area contributed by atoms with Crippen LogP contribution < -0.4 is 5.32 Å². The number of aryl methyl sites for hydroxylation is 1. The molecule has 1 fully saturated rings. The first-order valence-electron chi connectivity index (χ1n) is 8.38. The summed E-state index contributed by atoms with van der Waals surface area (Å²) in [6, 6.07) is 0. The molecule has 0 amide bonds. The fourth-order valence-electron chi connectivity index (χ4n) is 3.40. The molecule has 1 aliphatic heterocycles. The van der Waals surface area contributed by atoms with Crippen LogP contribution in [-0.4, -0.2) is 37.1 Å². The molecule has 0 spiro atoms. The zero-order valence-electron chi connectivity index (χ0n) is 13.8. The van der Waals surface area contributed by atoms with Gasteiger partial charge in [-0.2, -0.15) is 0 Å². The lowest BCUT2D eigenvalue weighted by molar-refractivity contribution is -0.0344. The number of imidazole rings is 2. The third-order valence-corrected chi connectivity index (χ3v) is 4.66. The summed E-state index contributed by atoms with van der Waals surface area (Å²) in [7, 11) is 2.03. The van der Waals surface area contributed by atoms with Gasteiger partial charge in [0.25, 0.3) is 0 Å². The minimum absolute atomic E-state index is 0.0673. The molecular weight excluding hydrogens is 304 g/mol. The van der Waals surface area contributed by atoms with Gasteiger partial charge >= 0.3 is 0 Å². The van der Waals surface area contributed by atoms with E-state index < -0.39 is 0 Å². The van der Waals surface area contributed by atoms with Crippen LogP contribution in [0.4, 0.5) is 0 Å². The van der Waals surface area contributed by atoms with Crippen molar-refractivity contribution in [1.82, 2.24) is 29.2 Å². The van der Waals surface area contributed by atoms with Crippen LogP contribution in [0.3, 0.4) is 0 Å². The molecule has 1 aliphatic rings. The molecule has 0 radical (unpaired) electrons. The molecule has 3 aromatic heterocycles. The van der Waals surface area contributed by atoms with Crippen molar-refractivity contribution in [3.63, 3.8) is 0 Å². The first-order chi connectivity index (χ1) is 11.8. The number of aromatic nitrogens is 5. The molecule has 126 valence electrons. The summed E-state index contributed by atoms with van der Waals surface area (Å²) < 4.78 is 10.1. The van der Waals surface area contributed by atoms with Crippen LogP contribution in [0.1, 0.15) is 30.5 Å². The molecule has 24 heavy (non-hydrogen) atoms. The van der Waals surface area contributed by atoms with Gasteiger partial charge in [-0.05, 0) is 12.8 Å². The van der Waals surface area contributed by atoms with Crippen molar-refractivity contribution >= 4 is 5.65 Å². The highest BCUT2D eigenvalue weighted by molar-refractivity contribution is 5.36. The average molecular weight is 326 g/mol. The first-order valence-corrected chi connectivity index (χ1v) is 8.38. The molecule has 7 heteroatoms. The summed E-state index contributed by atoms with van der Waals surface area (Å²) in [5.74, 6) is 1.45. The standard InChI is InChI=1S/C17H22N6O/c1-22-6-5-20-17(22)16-13(3-2-8-24-16)9-19-10-14-11-21-15-12-18-4-7-23(14)15/h4-7,11-13,16,19H,2-3,8-10H2,1H3/t13-,16+/m0/s1. The quantitative estimate of drug-likeness (QED) is 0.773. The minimum Gasteiger partial charge on any atom is -0.370 e. The number of nitrogens with zero attached hydrogens (tertiary/aromatic N) is 5. The second-order valence-corrected chi connectivity index (χ2v) is 6.27. The fraction of sp³-hybridized carbons (Fsp3) is 0.471. The second-order valence-electron chi connectivity index (χ2n) is 6.27. The molecule has 1 N–H and O–H groups in total. The number of fused-ring (bicyclic) bond motifs is 1. The number of hydrogen-bond donors (Lipinski definition) is 1. The maximum atomic E-state index is 6.02. The van der Waals surface area contributed by atoms with Crippen LogP contribution >= 0.6 is 0 Å². The highest BCUT2D eigenvalue weighted by Crippen LogP contribution is 2.32. The lowest BCUT2D eigenvalue weighted by Gasteiger charge is -2.31. The van der Waals surface area contributed by atoms with Gasteiger partial charge in [-0.3, -0.25) is 9.38 Å². The highest BCUT2D eigenvalue weighted by Gasteiger charge is 2.29. The Morgan fingerprint density at radius 1 is 1.25 bits per heavy atom. The maximum Gasteiger partial charge on any atom is 0.155 e.